The molecule has 0 aliphatic carbocycles. The molecule has 2 aliphatic heterocycles. The van der Waals surface area contributed by atoms with Crippen LogP contribution in [-0.4, -0.2) is 52.6 Å². The summed E-state index contributed by atoms with van der Waals surface area (Å²) in [5.41, 5.74) is 0.0742. The first-order valence-electron chi connectivity index (χ1n) is 10.0. The van der Waals surface area contributed by atoms with E-state index in [4.69, 9.17) is 28.4 Å². The predicted octanol–water partition coefficient (Wildman–Crippen LogP) is 2.18. The molecular weight excluding hydrogens is 444 g/mol. The van der Waals surface area contributed by atoms with Crippen LogP contribution < -0.4 is 39.5 Å². The van der Waals surface area contributed by atoms with Gasteiger partial charge in [-0.25, -0.2) is 9.97 Å². The summed E-state index contributed by atoms with van der Waals surface area (Å²) in [6.07, 6.45) is 0. The van der Waals surface area contributed by atoms with Gasteiger partial charge in [0.05, 0.1) is 64.5 Å². The van der Waals surface area contributed by atoms with Gasteiger partial charge in [0.15, 0.2) is 23.0 Å². The second kappa shape index (κ2) is 8.89. The largest absolute Gasteiger partial charge is 0.493 e. The third-order valence-electron chi connectivity index (χ3n) is 5.45. The van der Waals surface area contributed by atoms with Gasteiger partial charge in [-0.2, -0.15) is 0 Å². The topological polar surface area (TPSA) is 115 Å². The maximum Gasteiger partial charge on any atom is 0.280 e. The summed E-state index contributed by atoms with van der Waals surface area (Å²) >= 11 is 0. The minimum absolute atomic E-state index is 0.100. The smallest absolute Gasteiger partial charge is 0.280 e. The van der Waals surface area contributed by atoms with E-state index in [0.29, 0.717) is 45.6 Å². The highest BCUT2D eigenvalue weighted by Gasteiger charge is 2.24. The fraction of sp³-hybridized carbons (Fsp3) is 0.250. The summed E-state index contributed by atoms with van der Waals surface area (Å²) in [4.78, 5) is 34.3. The molecule has 10 heteroatoms. The number of benzene rings is 2. The predicted molar refractivity (Wildman–Crippen MR) is 122 cm³/mol. The van der Waals surface area contributed by atoms with Gasteiger partial charge in [-0.1, -0.05) is 0 Å². The Morgan fingerprint density at radius 3 is 1.03 bits per heavy atom. The molecule has 2 aliphatic rings. The Kier molecular flexibility index (Phi) is 5.97. The SMILES string of the molecule is COc1cc(-c2nc(=O)c3c(-c4cc(OC)c(OC)c(OC)c4)nc(=O)c2=3)cc(OC)c1OC. The molecule has 0 aromatic heterocycles. The average Bonchev–Trinajstić information content (AvgIpc) is 3.39. The van der Waals surface area contributed by atoms with Crippen molar-refractivity contribution >= 4 is 0 Å². The molecule has 2 aromatic carbocycles. The Labute approximate surface area is 194 Å². The van der Waals surface area contributed by atoms with Crippen LogP contribution in [0.4, 0.5) is 0 Å². The van der Waals surface area contributed by atoms with Crippen molar-refractivity contribution in [2.24, 2.45) is 0 Å². The molecule has 2 aromatic rings. The zero-order chi connectivity index (χ0) is 24.6. The number of ether oxygens (including phenoxy) is 6. The van der Waals surface area contributed by atoms with Gasteiger partial charge in [-0.15, -0.1) is 0 Å². The van der Waals surface area contributed by atoms with Gasteiger partial charge in [-0.05, 0) is 24.3 Å². The van der Waals surface area contributed by atoms with Gasteiger partial charge in [0.1, 0.15) is 0 Å². The van der Waals surface area contributed by atoms with Gasteiger partial charge < -0.3 is 28.4 Å². The van der Waals surface area contributed by atoms with Crippen molar-refractivity contribution < 1.29 is 28.4 Å². The van der Waals surface area contributed by atoms with Crippen LogP contribution in [0, 0.1) is 10.4 Å². The summed E-state index contributed by atoms with van der Waals surface area (Å²) < 4.78 is 32.3. The van der Waals surface area contributed by atoms with Gasteiger partial charge in [0.2, 0.25) is 11.5 Å². The summed E-state index contributed by atoms with van der Waals surface area (Å²) in [5, 5.41) is 0.200. The van der Waals surface area contributed by atoms with E-state index < -0.39 is 11.1 Å². The van der Waals surface area contributed by atoms with Crippen LogP contribution >= 0.6 is 0 Å². The Morgan fingerprint density at radius 2 is 0.794 bits per heavy atom. The van der Waals surface area contributed by atoms with E-state index in [1.54, 1.807) is 24.3 Å². The fourth-order valence-electron chi connectivity index (χ4n) is 3.93. The molecule has 0 bridgehead atoms. The van der Waals surface area contributed by atoms with Crippen molar-refractivity contribution in [2.45, 2.75) is 0 Å². The Morgan fingerprint density at radius 1 is 0.500 bits per heavy atom. The standard InChI is InChI=1S/C24H22N2O8/c1-29-13-7-11(8-14(30-2)21(13)33-5)19-17-18(24(28)25-19)20(26-23(17)27)12-9-15(31-3)22(34-6)16(10-12)32-4/h7-10H,1-6H3. The lowest BCUT2D eigenvalue weighted by atomic mass is 10.1. The minimum atomic E-state index is -0.586. The number of methoxy groups -OCH3 is 6. The third kappa shape index (κ3) is 3.43. The number of hydrogen-bond acceptors (Lipinski definition) is 10. The van der Waals surface area contributed by atoms with E-state index in [9.17, 15) is 9.59 Å². The minimum Gasteiger partial charge on any atom is -0.493 e. The molecule has 0 saturated heterocycles. The zero-order valence-electron chi connectivity index (χ0n) is 19.5. The number of aromatic nitrogens is 2. The van der Waals surface area contributed by atoms with Crippen LogP contribution in [0.5, 0.6) is 34.5 Å². The molecule has 10 nitrogen and oxygen atoms in total. The highest BCUT2D eigenvalue weighted by atomic mass is 16.5. The molecule has 4 rings (SSSR count). The molecule has 0 spiro atoms. The van der Waals surface area contributed by atoms with E-state index in [1.807, 2.05) is 0 Å². The number of rotatable bonds is 8. The van der Waals surface area contributed by atoms with E-state index >= 15 is 0 Å². The van der Waals surface area contributed by atoms with Gasteiger partial charge >= 0.3 is 0 Å². The summed E-state index contributed by atoms with van der Waals surface area (Å²) in [6, 6.07) is 6.48. The van der Waals surface area contributed by atoms with Crippen molar-refractivity contribution in [3.8, 4) is 57.0 Å². The van der Waals surface area contributed by atoms with Crippen LogP contribution in [0.15, 0.2) is 33.9 Å². The summed E-state index contributed by atoms with van der Waals surface area (Å²) in [7, 11) is 8.85. The first-order chi connectivity index (χ1) is 16.4. The van der Waals surface area contributed by atoms with Crippen LogP contribution in [0.1, 0.15) is 0 Å². The molecule has 176 valence electrons. The van der Waals surface area contributed by atoms with Gasteiger partial charge in [0.25, 0.3) is 11.1 Å². The molecule has 34 heavy (non-hydrogen) atoms. The molecular formula is C24H22N2O8. The lowest BCUT2D eigenvalue weighted by Gasteiger charge is -2.13. The normalized spacial score (nSPS) is 10.9. The highest BCUT2D eigenvalue weighted by Crippen LogP contribution is 2.42. The summed E-state index contributed by atoms with van der Waals surface area (Å²) in [5.74, 6) is 2.18. The Balaban J connectivity index is 2.02. The lowest BCUT2D eigenvalue weighted by molar-refractivity contribution is 0.324. The van der Waals surface area contributed by atoms with E-state index in [-0.39, 0.29) is 21.8 Å². The van der Waals surface area contributed by atoms with Crippen molar-refractivity contribution in [3.63, 3.8) is 0 Å². The molecule has 2 heterocycles. The highest BCUT2D eigenvalue weighted by molar-refractivity contribution is 5.73. The van der Waals surface area contributed by atoms with Crippen molar-refractivity contribution in [1.29, 1.82) is 0 Å². The molecule has 0 fully saturated rings. The molecule has 0 amide bonds. The third-order valence-corrected chi connectivity index (χ3v) is 5.45. The van der Waals surface area contributed by atoms with E-state index in [0.717, 1.165) is 0 Å². The monoisotopic (exact) mass is 466 g/mol. The molecule has 0 unspecified atom stereocenters. The molecule has 0 N–H and O–H groups in total. The number of hydrogen-bond donors (Lipinski definition) is 0. The number of nitrogens with zero attached hydrogens (tertiary/aromatic N) is 2. The molecule has 0 radical (unpaired) electrons. The molecule has 0 atom stereocenters. The van der Waals surface area contributed by atoms with Crippen molar-refractivity contribution in [3.05, 3.63) is 55.4 Å². The van der Waals surface area contributed by atoms with E-state index in [1.165, 1.54) is 42.7 Å². The van der Waals surface area contributed by atoms with Gasteiger partial charge in [0, 0.05) is 11.1 Å². The molecule has 0 saturated carbocycles. The first kappa shape index (κ1) is 22.8. The second-order valence-corrected chi connectivity index (χ2v) is 7.11. The van der Waals surface area contributed by atoms with Crippen LogP contribution in [0.25, 0.3) is 22.5 Å². The van der Waals surface area contributed by atoms with Gasteiger partial charge in [-0.3, -0.25) is 9.59 Å². The van der Waals surface area contributed by atoms with E-state index in [2.05, 4.69) is 9.97 Å². The average molecular weight is 466 g/mol. The lowest BCUT2D eigenvalue weighted by Crippen LogP contribution is -2.05. The van der Waals surface area contributed by atoms with Crippen LogP contribution in [-0.2, 0) is 0 Å². The zero-order valence-corrected chi connectivity index (χ0v) is 19.5. The maximum absolute atomic E-state index is 13.0. The fourth-order valence-corrected chi connectivity index (χ4v) is 3.93. The Bertz CT molecular complexity index is 1360. The summed E-state index contributed by atoms with van der Waals surface area (Å²) in [6.45, 7) is 0. The van der Waals surface area contributed by atoms with Crippen molar-refractivity contribution in [1.82, 2.24) is 9.97 Å². The quantitative estimate of drug-likeness (QED) is 0.383. The first-order valence-corrected chi connectivity index (χ1v) is 10.0. The van der Waals surface area contributed by atoms with Crippen LogP contribution in [0.2, 0.25) is 0 Å². The van der Waals surface area contributed by atoms with Crippen LogP contribution in [0.3, 0.4) is 0 Å². The second-order valence-electron chi connectivity index (χ2n) is 7.11. The maximum atomic E-state index is 13.0. The Hall–Kier alpha value is -4.34. The van der Waals surface area contributed by atoms with Crippen molar-refractivity contribution in [2.75, 3.05) is 42.7 Å².